The van der Waals surface area contributed by atoms with Gasteiger partial charge in [-0.2, -0.15) is 0 Å². The molecule has 17 heavy (non-hydrogen) atoms. The highest BCUT2D eigenvalue weighted by Gasteiger charge is 2.30. The normalized spacial score (nSPS) is 23.9. The van der Waals surface area contributed by atoms with Gasteiger partial charge in [0.15, 0.2) is 0 Å². The van der Waals surface area contributed by atoms with E-state index in [0.29, 0.717) is 13.2 Å². The summed E-state index contributed by atoms with van der Waals surface area (Å²) in [4.78, 5) is 0. The van der Waals surface area contributed by atoms with E-state index in [1.54, 1.807) is 0 Å². The third-order valence-electron chi connectivity index (χ3n) is 3.03. The number of hydrogen-bond acceptors (Lipinski definition) is 4. The van der Waals surface area contributed by atoms with Crippen LogP contribution in [0.3, 0.4) is 0 Å². The van der Waals surface area contributed by atoms with Gasteiger partial charge in [0.1, 0.15) is 0 Å². The molecule has 2 atom stereocenters. The van der Waals surface area contributed by atoms with E-state index in [1.165, 1.54) is 0 Å². The Morgan fingerprint density at radius 3 is 2.53 bits per heavy atom. The van der Waals surface area contributed by atoms with E-state index in [9.17, 15) is 8.42 Å². The first kappa shape index (κ1) is 14.9. The Hall–Kier alpha value is -0.170. The minimum absolute atomic E-state index is 0.0413. The maximum Gasteiger partial charge on any atom is 0.214 e. The Kier molecular flexibility index (Phi) is 4.95. The highest BCUT2D eigenvalue weighted by Crippen LogP contribution is 2.20. The fourth-order valence-electron chi connectivity index (χ4n) is 1.86. The number of nitrogens with one attached hydrogen (secondary N) is 1. The van der Waals surface area contributed by atoms with E-state index in [2.05, 4.69) is 4.72 Å². The molecule has 1 fully saturated rings. The van der Waals surface area contributed by atoms with Crippen LogP contribution >= 0.6 is 0 Å². The average Bonchev–Trinajstić information content (AvgIpc) is 2.64. The summed E-state index contributed by atoms with van der Waals surface area (Å²) in [5.74, 6) is 0.0413. The zero-order chi connectivity index (χ0) is 13.1. The van der Waals surface area contributed by atoms with Crippen LogP contribution < -0.4 is 10.5 Å². The molecular weight excluding hydrogens is 240 g/mol. The van der Waals surface area contributed by atoms with Crippen LogP contribution in [0.5, 0.6) is 0 Å². The largest absolute Gasteiger partial charge is 0.377 e. The average molecular weight is 264 g/mol. The van der Waals surface area contributed by atoms with Gasteiger partial charge in [0.05, 0.1) is 11.9 Å². The van der Waals surface area contributed by atoms with Crippen LogP contribution in [0.15, 0.2) is 0 Å². The van der Waals surface area contributed by atoms with Gasteiger partial charge in [-0.05, 0) is 18.3 Å². The molecule has 0 aromatic rings. The van der Waals surface area contributed by atoms with E-state index < -0.39 is 10.0 Å². The maximum absolute atomic E-state index is 12.0. The molecule has 1 aliphatic rings. The molecule has 0 aromatic carbocycles. The van der Waals surface area contributed by atoms with Crippen molar-refractivity contribution < 1.29 is 13.2 Å². The van der Waals surface area contributed by atoms with E-state index in [4.69, 9.17) is 10.5 Å². The molecular formula is C11H24N2O3S. The molecule has 3 N–H and O–H groups in total. The molecule has 0 aliphatic carbocycles. The first-order valence-corrected chi connectivity index (χ1v) is 7.71. The van der Waals surface area contributed by atoms with E-state index in [-0.39, 0.29) is 23.3 Å². The lowest BCUT2D eigenvalue weighted by Gasteiger charge is -2.30. The van der Waals surface area contributed by atoms with Crippen LogP contribution in [0.4, 0.5) is 0 Å². The van der Waals surface area contributed by atoms with Crippen LogP contribution in [0.25, 0.3) is 0 Å². The highest BCUT2D eigenvalue weighted by atomic mass is 32.2. The number of ether oxygens (including phenoxy) is 1. The SMILES string of the molecule is CC(C)(C)C(CN)NS(=O)(=O)CC1CCCO1. The van der Waals surface area contributed by atoms with Crippen molar-refractivity contribution >= 4 is 10.0 Å². The number of hydrogen-bond donors (Lipinski definition) is 2. The van der Waals surface area contributed by atoms with Gasteiger partial charge in [-0.3, -0.25) is 0 Å². The van der Waals surface area contributed by atoms with Crippen molar-refractivity contribution in [3.8, 4) is 0 Å². The van der Waals surface area contributed by atoms with E-state index >= 15 is 0 Å². The van der Waals surface area contributed by atoms with Gasteiger partial charge in [0, 0.05) is 19.2 Å². The van der Waals surface area contributed by atoms with Crippen LogP contribution in [-0.4, -0.2) is 39.5 Å². The fraction of sp³-hybridized carbons (Fsp3) is 1.00. The second kappa shape index (κ2) is 5.65. The molecule has 0 amide bonds. The lowest BCUT2D eigenvalue weighted by atomic mass is 9.88. The molecule has 1 saturated heterocycles. The third kappa shape index (κ3) is 4.91. The monoisotopic (exact) mass is 264 g/mol. The molecule has 5 nitrogen and oxygen atoms in total. The summed E-state index contributed by atoms with van der Waals surface area (Å²) in [6.07, 6.45) is 1.61. The summed E-state index contributed by atoms with van der Waals surface area (Å²) >= 11 is 0. The predicted octanol–water partition coefficient (Wildman–Crippen LogP) is 0.458. The number of nitrogens with two attached hydrogens (primary N) is 1. The van der Waals surface area contributed by atoms with Crippen molar-refractivity contribution in [3.05, 3.63) is 0 Å². The first-order valence-electron chi connectivity index (χ1n) is 6.06. The Morgan fingerprint density at radius 1 is 1.47 bits per heavy atom. The Balaban J connectivity index is 2.58. The standard InChI is InChI=1S/C11H24N2O3S/c1-11(2,3)10(7-12)13-17(14,15)8-9-5-4-6-16-9/h9-10,13H,4-8,12H2,1-3H3. The van der Waals surface area contributed by atoms with Gasteiger partial charge in [0.2, 0.25) is 10.0 Å². The molecule has 1 heterocycles. The summed E-state index contributed by atoms with van der Waals surface area (Å²) in [6.45, 7) is 6.88. The van der Waals surface area contributed by atoms with Crippen molar-refractivity contribution in [2.45, 2.75) is 45.8 Å². The van der Waals surface area contributed by atoms with Crippen LogP contribution in [0.1, 0.15) is 33.6 Å². The van der Waals surface area contributed by atoms with Crippen molar-refractivity contribution in [2.24, 2.45) is 11.1 Å². The maximum atomic E-state index is 12.0. The molecule has 102 valence electrons. The zero-order valence-electron chi connectivity index (χ0n) is 10.9. The molecule has 1 aliphatic heterocycles. The number of sulfonamides is 1. The van der Waals surface area contributed by atoms with Gasteiger partial charge < -0.3 is 10.5 Å². The van der Waals surface area contributed by atoms with Crippen LogP contribution in [0.2, 0.25) is 0 Å². The second-order valence-corrected chi connectivity index (χ2v) is 7.49. The highest BCUT2D eigenvalue weighted by molar-refractivity contribution is 7.89. The summed E-state index contributed by atoms with van der Waals surface area (Å²) in [6, 6.07) is -0.242. The van der Waals surface area contributed by atoms with Gasteiger partial charge in [-0.25, -0.2) is 13.1 Å². The molecule has 0 saturated carbocycles. The van der Waals surface area contributed by atoms with Gasteiger partial charge in [-0.15, -0.1) is 0 Å². The van der Waals surface area contributed by atoms with Crippen molar-refractivity contribution in [1.82, 2.24) is 4.72 Å². The Morgan fingerprint density at radius 2 is 2.12 bits per heavy atom. The van der Waals surface area contributed by atoms with Crippen molar-refractivity contribution in [3.63, 3.8) is 0 Å². The second-order valence-electron chi connectivity index (χ2n) is 5.69. The van der Waals surface area contributed by atoms with Crippen molar-refractivity contribution in [1.29, 1.82) is 0 Å². The first-order chi connectivity index (χ1) is 7.74. The molecule has 0 bridgehead atoms. The van der Waals surface area contributed by atoms with Gasteiger partial charge >= 0.3 is 0 Å². The Bertz CT molecular complexity index is 329. The smallest absolute Gasteiger partial charge is 0.214 e. The van der Waals surface area contributed by atoms with Crippen LogP contribution in [-0.2, 0) is 14.8 Å². The zero-order valence-corrected chi connectivity index (χ0v) is 11.7. The predicted molar refractivity (Wildman–Crippen MR) is 68.2 cm³/mol. The molecule has 0 radical (unpaired) electrons. The Labute approximate surface area is 104 Å². The minimum Gasteiger partial charge on any atom is -0.377 e. The van der Waals surface area contributed by atoms with E-state index in [0.717, 1.165) is 12.8 Å². The molecule has 0 spiro atoms. The summed E-state index contributed by atoms with van der Waals surface area (Å²) in [5, 5.41) is 0. The summed E-state index contributed by atoms with van der Waals surface area (Å²) in [7, 11) is -3.31. The lowest BCUT2D eigenvalue weighted by Crippen LogP contribution is -2.49. The molecule has 0 aromatic heterocycles. The molecule has 1 rings (SSSR count). The third-order valence-corrected chi connectivity index (χ3v) is 4.49. The van der Waals surface area contributed by atoms with E-state index in [1.807, 2.05) is 20.8 Å². The van der Waals surface area contributed by atoms with Gasteiger partial charge in [0.25, 0.3) is 0 Å². The number of rotatable bonds is 5. The van der Waals surface area contributed by atoms with Crippen molar-refractivity contribution in [2.75, 3.05) is 18.9 Å². The minimum atomic E-state index is -3.31. The van der Waals surface area contributed by atoms with Crippen LogP contribution in [0, 0.1) is 5.41 Å². The van der Waals surface area contributed by atoms with Gasteiger partial charge in [-0.1, -0.05) is 20.8 Å². The summed E-state index contributed by atoms with van der Waals surface area (Å²) in [5.41, 5.74) is 5.43. The molecule has 6 heteroatoms. The topological polar surface area (TPSA) is 81.4 Å². The fourth-order valence-corrected chi connectivity index (χ4v) is 3.60. The lowest BCUT2D eigenvalue weighted by molar-refractivity contribution is 0.127. The molecule has 2 unspecified atom stereocenters. The quantitative estimate of drug-likeness (QED) is 0.756. The summed E-state index contributed by atoms with van der Waals surface area (Å²) < 4.78 is 31.9.